The van der Waals surface area contributed by atoms with E-state index in [1.54, 1.807) is 0 Å². The van der Waals surface area contributed by atoms with Crippen LogP contribution in [0.25, 0.3) is 116 Å². The molecule has 0 fully saturated rings. The number of anilines is 3. The monoisotopic (exact) mass is 1250 g/mol. The van der Waals surface area contributed by atoms with Crippen LogP contribution in [0.1, 0.15) is 128 Å². The summed E-state index contributed by atoms with van der Waals surface area (Å²) in [5, 5.41) is 36.1. The van der Waals surface area contributed by atoms with Crippen molar-refractivity contribution in [2.45, 2.75) is 105 Å². The van der Waals surface area contributed by atoms with Crippen LogP contribution >= 0.6 is 0 Å². The summed E-state index contributed by atoms with van der Waals surface area (Å²) in [5.74, 6) is 3.18. The van der Waals surface area contributed by atoms with Crippen LogP contribution in [0.4, 0.5) is 17.1 Å². The average Bonchev–Trinajstić information content (AvgIpc) is 1.77. The Morgan fingerprint density at radius 3 is 0.695 bits per heavy atom. The molecule has 0 radical (unpaired) electrons. The summed E-state index contributed by atoms with van der Waals surface area (Å²) < 4.78 is 25.6. The lowest BCUT2D eigenvalue weighted by Crippen LogP contribution is -2.10. The average molecular weight is 1250 g/mol. The quantitative estimate of drug-likeness (QED) is 0.0894. The second-order valence-electron chi connectivity index (χ2n) is 28.2. The molecule has 13 aromatic rings. The van der Waals surface area contributed by atoms with Crippen LogP contribution in [0, 0.1) is 0 Å². The van der Waals surface area contributed by atoms with Crippen LogP contribution in [0.15, 0.2) is 230 Å². The molecule has 4 heterocycles. The fraction of sp³-hybridized carbons (Fsp3) is 0.195. The van der Waals surface area contributed by atoms with Gasteiger partial charge in [-0.3, -0.25) is 0 Å². The predicted molar refractivity (Wildman–Crippen MR) is 382 cm³/mol. The van der Waals surface area contributed by atoms with E-state index in [0.29, 0.717) is 69.4 Å². The van der Waals surface area contributed by atoms with Gasteiger partial charge in [-0.05, 0) is 187 Å². The highest BCUT2D eigenvalue weighted by Gasteiger charge is 2.23. The molecule has 472 valence electrons. The molecule has 0 saturated heterocycles. The van der Waals surface area contributed by atoms with E-state index in [9.17, 15) is 0 Å². The van der Waals surface area contributed by atoms with Crippen molar-refractivity contribution in [3.8, 4) is 91.6 Å². The van der Waals surface area contributed by atoms with Crippen LogP contribution in [0.5, 0.6) is 0 Å². The summed E-state index contributed by atoms with van der Waals surface area (Å²) in [6.45, 7) is 26.3. The molecule has 13 rings (SSSR count). The maximum atomic E-state index is 6.39. The van der Waals surface area contributed by atoms with Gasteiger partial charge in [-0.2, -0.15) is 0 Å². The third kappa shape index (κ3) is 14.3. The molecule has 13 heteroatoms. The molecule has 0 aliphatic carbocycles. The van der Waals surface area contributed by atoms with Crippen molar-refractivity contribution in [1.29, 1.82) is 0 Å². The summed E-state index contributed by atoms with van der Waals surface area (Å²) in [6, 6.07) is 72.5. The van der Waals surface area contributed by atoms with E-state index in [1.807, 2.05) is 91.0 Å². The Morgan fingerprint density at radius 1 is 0.232 bits per heavy atom. The van der Waals surface area contributed by atoms with Crippen molar-refractivity contribution in [2.75, 3.05) is 4.90 Å². The highest BCUT2D eigenvalue weighted by molar-refractivity contribution is 5.82. The Kier molecular flexibility index (Phi) is 16.7. The smallest absolute Gasteiger partial charge is 0.248 e. The molecular formula is C82H75N9O4. The number of nitrogens with zero attached hydrogens (tertiary/aromatic N) is 9. The molecule has 0 atom stereocenters. The minimum absolute atomic E-state index is 0.00860. The molecule has 9 aromatic carbocycles. The van der Waals surface area contributed by atoms with Gasteiger partial charge >= 0.3 is 0 Å². The van der Waals surface area contributed by atoms with Crippen LogP contribution < -0.4 is 4.90 Å². The van der Waals surface area contributed by atoms with E-state index >= 15 is 0 Å². The second kappa shape index (κ2) is 25.4. The number of para-hydroxylation sites is 1. The molecule has 4 aromatic heterocycles. The lowest BCUT2D eigenvalue weighted by molar-refractivity contribution is 0.580. The second-order valence-corrected chi connectivity index (χ2v) is 28.2. The third-order valence-electron chi connectivity index (χ3n) is 16.8. The van der Waals surface area contributed by atoms with Crippen molar-refractivity contribution in [3.05, 3.63) is 257 Å². The fourth-order valence-electron chi connectivity index (χ4n) is 11.1. The standard InChI is InChI=1S/C82H75N9O4/c1-79(2,3)64-34-26-56(27-35-64)71-83-87-75(92-71)60-46-54(47-61(50-60)76-88-84-72(93-76)57-28-36-65(37-29-57)80(4,5)6)20-18-52-22-42-69(43-23-52)91(68-16-14-13-15-17-68)70-44-24-53(25-45-70)19-21-55-48-62(77-89-85-73(94-77)58-30-38-66(39-31-58)81(7,8)9)51-63(49-55)78-90-86-74(95-78)59-32-40-67(41-33-59)82(10,11)12/h13-51H,1-12H3/b20-18+,21-19+. The normalized spacial score (nSPS) is 12.3. The molecule has 0 N–H and O–H groups in total. The minimum atomic E-state index is 0.00860. The summed E-state index contributed by atoms with van der Waals surface area (Å²) >= 11 is 0. The minimum Gasteiger partial charge on any atom is -0.416 e. The molecule has 0 aliphatic rings. The molecule has 0 bridgehead atoms. The lowest BCUT2D eigenvalue weighted by atomic mass is 9.87. The van der Waals surface area contributed by atoms with Crippen LogP contribution in [0.2, 0.25) is 0 Å². The van der Waals surface area contributed by atoms with Gasteiger partial charge in [0, 0.05) is 61.6 Å². The highest BCUT2D eigenvalue weighted by atomic mass is 16.4. The Labute approximate surface area is 555 Å². The van der Waals surface area contributed by atoms with Gasteiger partial charge in [0.2, 0.25) is 47.1 Å². The van der Waals surface area contributed by atoms with E-state index in [1.165, 1.54) is 22.3 Å². The fourth-order valence-corrected chi connectivity index (χ4v) is 11.1. The van der Waals surface area contributed by atoms with Gasteiger partial charge in [0.25, 0.3) is 0 Å². The molecule has 0 spiro atoms. The van der Waals surface area contributed by atoms with E-state index in [4.69, 9.17) is 17.7 Å². The van der Waals surface area contributed by atoms with Gasteiger partial charge in [0.1, 0.15) is 0 Å². The van der Waals surface area contributed by atoms with Crippen LogP contribution in [-0.4, -0.2) is 40.8 Å². The molecular weight excluding hydrogens is 1170 g/mol. The van der Waals surface area contributed by atoms with Gasteiger partial charge < -0.3 is 22.6 Å². The zero-order valence-corrected chi connectivity index (χ0v) is 55.7. The number of aromatic nitrogens is 8. The van der Waals surface area contributed by atoms with Gasteiger partial charge in [-0.1, -0.05) is 198 Å². The topological polar surface area (TPSA) is 159 Å². The SMILES string of the molecule is CC(C)(C)c1ccc(-c2nnc(-c3cc(/C=C/c4ccc(N(c5ccccc5)c5ccc(/C=C/c6cc(-c7nnc(-c8ccc(C(C)(C)C)cc8)o7)cc(-c7nnc(-c8ccc(C(C)(C)C)cc8)o7)c6)cc5)cc4)cc(-c4nnc(-c5ccc(C(C)(C)C)cc5)o4)c3)o2)cc1. The zero-order chi connectivity index (χ0) is 66.2. The van der Waals surface area contributed by atoms with Crippen molar-refractivity contribution in [3.63, 3.8) is 0 Å². The Hall–Kier alpha value is -11.2. The van der Waals surface area contributed by atoms with Gasteiger partial charge in [0.05, 0.1) is 0 Å². The Morgan fingerprint density at radius 2 is 0.453 bits per heavy atom. The molecule has 0 aliphatic heterocycles. The van der Waals surface area contributed by atoms with E-state index in [-0.39, 0.29) is 21.7 Å². The first-order chi connectivity index (χ1) is 45.5. The van der Waals surface area contributed by atoms with Crippen molar-refractivity contribution in [2.24, 2.45) is 0 Å². The van der Waals surface area contributed by atoms with Crippen molar-refractivity contribution < 1.29 is 17.7 Å². The maximum absolute atomic E-state index is 6.39. The summed E-state index contributed by atoms with van der Waals surface area (Å²) in [4.78, 5) is 2.25. The molecule has 0 unspecified atom stereocenters. The first-order valence-electron chi connectivity index (χ1n) is 32.0. The van der Waals surface area contributed by atoms with Crippen LogP contribution in [-0.2, 0) is 21.7 Å². The van der Waals surface area contributed by atoms with E-state index in [2.05, 4.69) is 274 Å². The Balaban J connectivity index is 0.775. The van der Waals surface area contributed by atoms with Crippen molar-refractivity contribution >= 4 is 41.4 Å². The molecule has 95 heavy (non-hydrogen) atoms. The van der Waals surface area contributed by atoms with E-state index in [0.717, 1.165) is 61.6 Å². The number of rotatable bonds is 15. The van der Waals surface area contributed by atoms with Crippen LogP contribution in [0.3, 0.4) is 0 Å². The largest absolute Gasteiger partial charge is 0.416 e. The number of benzene rings is 9. The maximum Gasteiger partial charge on any atom is 0.248 e. The first kappa shape index (κ1) is 62.6. The van der Waals surface area contributed by atoms with Gasteiger partial charge in [0.15, 0.2) is 0 Å². The highest BCUT2D eigenvalue weighted by Crippen LogP contribution is 2.39. The predicted octanol–water partition coefficient (Wildman–Crippen LogP) is 21.6. The summed E-state index contributed by atoms with van der Waals surface area (Å²) in [5.41, 5.74) is 17.8. The van der Waals surface area contributed by atoms with Crippen molar-refractivity contribution in [1.82, 2.24) is 40.8 Å². The number of hydrogen-bond acceptors (Lipinski definition) is 13. The lowest BCUT2D eigenvalue weighted by Gasteiger charge is -2.25. The van der Waals surface area contributed by atoms with E-state index < -0.39 is 0 Å². The van der Waals surface area contributed by atoms with Gasteiger partial charge in [-0.15, -0.1) is 40.8 Å². The first-order valence-corrected chi connectivity index (χ1v) is 32.0. The van der Waals surface area contributed by atoms with Gasteiger partial charge in [-0.25, -0.2) is 0 Å². The molecule has 0 saturated carbocycles. The summed E-state index contributed by atoms with van der Waals surface area (Å²) in [7, 11) is 0. The number of hydrogen-bond donors (Lipinski definition) is 0. The zero-order valence-electron chi connectivity index (χ0n) is 55.7. The third-order valence-corrected chi connectivity index (χ3v) is 16.8. The molecule has 13 nitrogen and oxygen atoms in total. The molecule has 0 amide bonds. The summed E-state index contributed by atoms with van der Waals surface area (Å²) in [6.07, 6.45) is 8.30. The Bertz CT molecular complexity index is 4350.